The van der Waals surface area contributed by atoms with Crippen LogP contribution < -0.4 is 4.80 Å². The van der Waals surface area contributed by atoms with Gasteiger partial charge < -0.3 is 0 Å². The average Bonchev–Trinajstić information content (AvgIpc) is 3.04. The summed E-state index contributed by atoms with van der Waals surface area (Å²) in [6.45, 7) is 2.71. The topological polar surface area (TPSA) is 53.4 Å². The van der Waals surface area contributed by atoms with Crippen molar-refractivity contribution in [1.29, 1.82) is 5.26 Å². The van der Waals surface area contributed by atoms with Gasteiger partial charge in [-0.2, -0.15) is 10.4 Å². The number of nitrogens with zero attached hydrogens (tertiary/aromatic N) is 4. The minimum absolute atomic E-state index is 0.637. The summed E-state index contributed by atoms with van der Waals surface area (Å²) in [5, 5.41) is 15.6. The molecule has 0 bridgehead atoms. The van der Waals surface area contributed by atoms with E-state index in [1.54, 1.807) is 29.7 Å². The Hall–Kier alpha value is -2.49. The van der Waals surface area contributed by atoms with Gasteiger partial charge in [0.2, 0.25) is 4.80 Å². The van der Waals surface area contributed by atoms with Crippen LogP contribution in [-0.2, 0) is 0 Å². The molecule has 0 unspecified atom stereocenters. The van der Waals surface area contributed by atoms with E-state index in [4.69, 9.17) is 5.26 Å². The first-order valence-corrected chi connectivity index (χ1v) is 9.40. The van der Waals surface area contributed by atoms with Crippen molar-refractivity contribution >= 4 is 33.5 Å². The van der Waals surface area contributed by atoms with Gasteiger partial charge in [-0.1, -0.05) is 40.2 Å². The molecule has 0 amide bonds. The molecule has 0 N–H and O–H groups in total. The van der Waals surface area contributed by atoms with Crippen molar-refractivity contribution in [3.63, 3.8) is 0 Å². The third kappa shape index (κ3) is 4.13. The zero-order valence-electron chi connectivity index (χ0n) is 13.6. The summed E-state index contributed by atoms with van der Waals surface area (Å²) < 4.78 is 2.90. The van der Waals surface area contributed by atoms with Crippen LogP contribution in [0.5, 0.6) is 0 Å². The minimum Gasteiger partial charge on any atom is -0.258 e. The Labute approximate surface area is 158 Å². The maximum atomic E-state index is 8.88. The Bertz CT molecular complexity index is 990. The van der Waals surface area contributed by atoms with Crippen molar-refractivity contribution in [1.82, 2.24) is 4.68 Å². The lowest BCUT2D eigenvalue weighted by molar-refractivity contribution is 0.833. The van der Waals surface area contributed by atoms with E-state index in [0.29, 0.717) is 12.1 Å². The fourth-order valence-electron chi connectivity index (χ4n) is 2.24. The second-order valence-corrected chi connectivity index (χ2v) is 6.93. The molecular weight excluding hydrogens is 396 g/mol. The molecule has 0 fully saturated rings. The van der Waals surface area contributed by atoms with Crippen molar-refractivity contribution in [3.8, 4) is 17.3 Å². The monoisotopic (exact) mass is 410 g/mol. The third-order valence-corrected chi connectivity index (χ3v) is 4.86. The zero-order valence-corrected chi connectivity index (χ0v) is 16.0. The molecule has 124 valence electrons. The Morgan fingerprint density at radius 3 is 2.52 bits per heavy atom. The Kier molecular flexibility index (Phi) is 5.59. The van der Waals surface area contributed by atoms with Gasteiger partial charge in [-0.15, -0.1) is 11.3 Å². The van der Waals surface area contributed by atoms with Gasteiger partial charge in [0.15, 0.2) is 0 Å². The molecule has 3 rings (SSSR count). The van der Waals surface area contributed by atoms with E-state index >= 15 is 0 Å². The summed E-state index contributed by atoms with van der Waals surface area (Å²) >= 11 is 5.03. The van der Waals surface area contributed by atoms with Gasteiger partial charge in [0, 0.05) is 22.0 Å². The van der Waals surface area contributed by atoms with Crippen LogP contribution in [-0.4, -0.2) is 17.4 Å². The Morgan fingerprint density at radius 2 is 1.88 bits per heavy atom. The van der Waals surface area contributed by atoms with E-state index in [2.05, 4.69) is 49.6 Å². The Balaban J connectivity index is 2.02. The lowest BCUT2D eigenvalue weighted by atomic mass is 10.2. The molecule has 2 aromatic carbocycles. The van der Waals surface area contributed by atoms with Crippen LogP contribution in [0, 0.1) is 11.3 Å². The lowest BCUT2D eigenvalue weighted by Crippen LogP contribution is -2.12. The predicted molar refractivity (Wildman–Crippen MR) is 106 cm³/mol. The standard InChI is InChI=1S/C19H15BrN4S/c1-2-22-19-24(23-12-15-5-3-14(11-21)4-6-15)18(13-25-19)16-7-9-17(20)10-8-16/h3-10,12-13H,2H2,1H3. The van der Waals surface area contributed by atoms with Crippen LogP contribution in [0.15, 0.2) is 68.5 Å². The normalized spacial score (nSPS) is 11.8. The smallest absolute Gasteiger partial charge is 0.206 e. The number of hydrogen-bond donors (Lipinski definition) is 0. The van der Waals surface area contributed by atoms with Crippen molar-refractivity contribution in [2.75, 3.05) is 6.54 Å². The molecule has 0 radical (unpaired) electrons. The van der Waals surface area contributed by atoms with Gasteiger partial charge in [0.25, 0.3) is 0 Å². The molecule has 0 aliphatic carbocycles. The van der Waals surface area contributed by atoms with Crippen LogP contribution in [0.2, 0.25) is 0 Å². The van der Waals surface area contributed by atoms with Crippen LogP contribution in [0.1, 0.15) is 18.1 Å². The van der Waals surface area contributed by atoms with E-state index in [-0.39, 0.29) is 0 Å². The van der Waals surface area contributed by atoms with Gasteiger partial charge in [0.05, 0.1) is 23.5 Å². The maximum absolute atomic E-state index is 8.88. The molecule has 0 aliphatic heterocycles. The largest absolute Gasteiger partial charge is 0.258 e. The Morgan fingerprint density at radius 1 is 1.16 bits per heavy atom. The number of thiazole rings is 1. The number of rotatable bonds is 4. The molecule has 3 aromatic rings. The van der Waals surface area contributed by atoms with Gasteiger partial charge in [-0.25, -0.2) is 4.68 Å². The molecule has 0 spiro atoms. The molecule has 25 heavy (non-hydrogen) atoms. The van der Waals surface area contributed by atoms with Crippen LogP contribution in [0.4, 0.5) is 0 Å². The number of benzene rings is 2. The molecule has 0 saturated carbocycles. The maximum Gasteiger partial charge on any atom is 0.206 e. The average molecular weight is 411 g/mol. The second kappa shape index (κ2) is 8.06. The van der Waals surface area contributed by atoms with E-state index in [9.17, 15) is 0 Å². The summed E-state index contributed by atoms with van der Waals surface area (Å²) in [7, 11) is 0. The number of nitriles is 1. The third-order valence-electron chi connectivity index (χ3n) is 3.48. The van der Waals surface area contributed by atoms with E-state index in [1.165, 1.54) is 0 Å². The SMILES string of the molecule is CCN=c1scc(-c2ccc(Br)cc2)n1N=Cc1ccc(C#N)cc1. The first-order valence-electron chi connectivity index (χ1n) is 7.72. The minimum atomic E-state index is 0.637. The molecular formula is C19H15BrN4S. The highest BCUT2D eigenvalue weighted by atomic mass is 79.9. The summed E-state index contributed by atoms with van der Waals surface area (Å²) in [5.74, 6) is 0. The molecule has 6 heteroatoms. The quantitative estimate of drug-likeness (QED) is 0.577. The van der Waals surface area contributed by atoms with Crippen molar-refractivity contribution in [3.05, 3.63) is 74.3 Å². The summed E-state index contributed by atoms with van der Waals surface area (Å²) in [5.41, 5.74) is 3.64. The van der Waals surface area contributed by atoms with Gasteiger partial charge >= 0.3 is 0 Å². The summed E-state index contributed by atoms with van der Waals surface area (Å²) in [6.07, 6.45) is 1.78. The first kappa shape index (κ1) is 17.3. The molecule has 1 aromatic heterocycles. The molecule has 0 atom stereocenters. The van der Waals surface area contributed by atoms with Crippen molar-refractivity contribution in [2.24, 2.45) is 10.1 Å². The number of halogens is 1. The fourth-order valence-corrected chi connectivity index (χ4v) is 3.41. The molecule has 0 aliphatic rings. The zero-order chi connectivity index (χ0) is 17.6. The van der Waals surface area contributed by atoms with Crippen LogP contribution >= 0.6 is 27.3 Å². The highest BCUT2D eigenvalue weighted by Crippen LogP contribution is 2.22. The van der Waals surface area contributed by atoms with Crippen molar-refractivity contribution < 1.29 is 0 Å². The highest BCUT2D eigenvalue weighted by Gasteiger charge is 2.07. The lowest BCUT2D eigenvalue weighted by Gasteiger charge is -2.04. The fraction of sp³-hybridized carbons (Fsp3) is 0.105. The van der Waals surface area contributed by atoms with E-state index in [1.807, 2.05) is 35.9 Å². The molecule has 0 saturated heterocycles. The van der Waals surface area contributed by atoms with Gasteiger partial charge in [0.1, 0.15) is 0 Å². The van der Waals surface area contributed by atoms with Crippen LogP contribution in [0.3, 0.4) is 0 Å². The predicted octanol–water partition coefficient (Wildman–Crippen LogP) is 4.65. The van der Waals surface area contributed by atoms with Gasteiger partial charge in [-0.3, -0.25) is 4.99 Å². The van der Waals surface area contributed by atoms with E-state index in [0.717, 1.165) is 26.1 Å². The van der Waals surface area contributed by atoms with Gasteiger partial charge in [-0.05, 0) is 36.8 Å². The molecule has 1 heterocycles. The summed E-state index contributed by atoms with van der Waals surface area (Å²) in [4.78, 5) is 5.38. The van der Waals surface area contributed by atoms with Crippen LogP contribution in [0.25, 0.3) is 11.3 Å². The second-order valence-electron chi connectivity index (χ2n) is 5.17. The highest BCUT2D eigenvalue weighted by molar-refractivity contribution is 9.10. The summed E-state index contributed by atoms with van der Waals surface area (Å²) in [6, 6.07) is 17.6. The molecule has 4 nitrogen and oxygen atoms in total. The first-order chi connectivity index (χ1) is 12.2. The number of hydrogen-bond acceptors (Lipinski definition) is 4. The number of aromatic nitrogens is 1. The van der Waals surface area contributed by atoms with Crippen molar-refractivity contribution in [2.45, 2.75) is 6.92 Å². The van der Waals surface area contributed by atoms with E-state index < -0.39 is 0 Å².